The normalized spacial score (nSPS) is 10.6. The van der Waals surface area contributed by atoms with Crippen LogP contribution < -0.4 is 14.8 Å². The van der Waals surface area contributed by atoms with Crippen LogP contribution in [-0.4, -0.2) is 24.0 Å². The van der Waals surface area contributed by atoms with Gasteiger partial charge in [-0.15, -0.1) is 0 Å². The Morgan fingerprint density at radius 2 is 2.00 bits per heavy atom. The molecule has 0 fully saturated rings. The molecule has 0 aliphatic rings. The van der Waals surface area contributed by atoms with Gasteiger partial charge in [-0.25, -0.2) is 0 Å². The fourth-order valence-corrected chi connectivity index (χ4v) is 2.25. The van der Waals surface area contributed by atoms with Gasteiger partial charge < -0.3 is 14.8 Å². The molecule has 0 bridgehead atoms. The second-order valence-corrected chi connectivity index (χ2v) is 4.83. The van der Waals surface area contributed by atoms with E-state index in [0.29, 0.717) is 0 Å². The Balaban J connectivity index is 1.95. The minimum Gasteiger partial charge on any atom is -0.497 e. The summed E-state index contributed by atoms with van der Waals surface area (Å²) < 4.78 is 12.6. The fourth-order valence-electron chi connectivity index (χ4n) is 2.25. The molecule has 2 rings (SSSR count). The van der Waals surface area contributed by atoms with Crippen LogP contribution in [0, 0.1) is 0 Å². The van der Waals surface area contributed by atoms with Crippen molar-refractivity contribution in [3.8, 4) is 11.5 Å². The van der Waals surface area contributed by atoms with Crippen molar-refractivity contribution in [2.45, 2.75) is 33.0 Å². The average Bonchev–Trinajstić information content (AvgIpc) is 2.95. The van der Waals surface area contributed by atoms with E-state index in [4.69, 9.17) is 9.47 Å². The maximum atomic E-state index is 5.40. The number of hydrogen-bond donors (Lipinski definition) is 1. The Hall–Kier alpha value is -2.01. The lowest BCUT2D eigenvalue weighted by atomic mass is 10.2. The second-order valence-electron chi connectivity index (χ2n) is 4.83. The van der Waals surface area contributed by atoms with Crippen molar-refractivity contribution in [3.63, 3.8) is 0 Å². The summed E-state index contributed by atoms with van der Waals surface area (Å²) in [6.07, 6.45) is 2.93. The van der Waals surface area contributed by atoms with Gasteiger partial charge in [-0.2, -0.15) is 5.10 Å². The topological polar surface area (TPSA) is 48.3 Å². The third kappa shape index (κ3) is 3.98. The van der Waals surface area contributed by atoms with Gasteiger partial charge in [-0.3, -0.25) is 4.68 Å². The Kier molecular flexibility index (Phi) is 5.63. The molecule has 114 valence electrons. The highest BCUT2D eigenvalue weighted by atomic mass is 16.5. The monoisotopic (exact) mass is 289 g/mol. The standard InChI is InChI=1S/C16H23N3O2/c1-4-9-19-14(7-8-18-19)12-17-11-13-5-6-15(20-2)10-16(13)21-3/h5-8,10,17H,4,9,11-12H2,1-3H3. The van der Waals surface area contributed by atoms with Gasteiger partial charge in [0.1, 0.15) is 11.5 Å². The van der Waals surface area contributed by atoms with Gasteiger partial charge in [-0.1, -0.05) is 13.0 Å². The first kappa shape index (κ1) is 15.4. The molecule has 5 nitrogen and oxygen atoms in total. The molecule has 0 aliphatic heterocycles. The number of hydrogen-bond acceptors (Lipinski definition) is 4. The number of ether oxygens (including phenoxy) is 2. The molecule has 0 amide bonds. The van der Waals surface area contributed by atoms with E-state index in [1.165, 1.54) is 5.69 Å². The molecular formula is C16H23N3O2. The van der Waals surface area contributed by atoms with Crippen molar-refractivity contribution in [1.29, 1.82) is 0 Å². The third-order valence-corrected chi connectivity index (χ3v) is 3.36. The first-order valence-corrected chi connectivity index (χ1v) is 7.20. The first-order valence-electron chi connectivity index (χ1n) is 7.20. The quantitative estimate of drug-likeness (QED) is 0.811. The summed E-state index contributed by atoms with van der Waals surface area (Å²) >= 11 is 0. The summed E-state index contributed by atoms with van der Waals surface area (Å²) in [4.78, 5) is 0. The minimum atomic E-state index is 0.741. The molecule has 1 N–H and O–H groups in total. The van der Waals surface area contributed by atoms with Crippen LogP contribution in [0.5, 0.6) is 11.5 Å². The molecule has 0 spiro atoms. The molecule has 2 aromatic rings. The molecule has 5 heteroatoms. The van der Waals surface area contributed by atoms with Crippen molar-refractivity contribution in [2.75, 3.05) is 14.2 Å². The highest BCUT2D eigenvalue weighted by Crippen LogP contribution is 2.24. The predicted octanol–water partition coefficient (Wildman–Crippen LogP) is 2.60. The molecule has 1 aromatic carbocycles. The summed E-state index contributed by atoms with van der Waals surface area (Å²) in [5.74, 6) is 1.64. The van der Waals surface area contributed by atoms with E-state index in [0.717, 1.165) is 43.1 Å². The SMILES string of the molecule is CCCn1nccc1CNCc1ccc(OC)cc1OC. The van der Waals surface area contributed by atoms with Gasteiger partial charge in [0.25, 0.3) is 0 Å². The predicted molar refractivity (Wildman–Crippen MR) is 82.6 cm³/mol. The lowest BCUT2D eigenvalue weighted by Crippen LogP contribution is -2.17. The van der Waals surface area contributed by atoms with E-state index in [1.54, 1.807) is 14.2 Å². The number of aromatic nitrogens is 2. The van der Waals surface area contributed by atoms with Crippen LogP contribution >= 0.6 is 0 Å². The van der Waals surface area contributed by atoms with E-state index in [9.17, 15) is 0 Å². The van der Waals surface area contributed by atoms with Crippen LogP contribution in [-0.2, 0) is 19.6 Å². The Labute approximate surface area is 125 Å². The van der Waals surface area contributed by atoms with Crippen molar-refractivity contribution >= 4 is 0 Å². The van der Waals surface area contributed by atoms with Crippen LogP contribution in [0.15, 0.2) is 30.5 Å². The zero-order valence-electron chi connectivity index (χ0n) is 12.9. The maximum absolute atomic E-state index is 5.40. The van der Waals surface area contributed by atoms with E-state index >= 15 is 0 Å². The average molecular weight is 289 g/mol. The minimum absolute atomic E-state index is 0.741. The zero-order chi connectivity index (χ0) is 15.1. The van der Waals surface area contributed by atoms with Crippen molar-refractivity contribution in [3.05, 3.63) is 41.7 Å². The van der Waals surface area contributed by atoms with E-state index < -0.39 is 0 Å². The van der Waals surface area contributed by atoms with Crippen LogP contribution in [0.3, 0.4) is 0 Å². The summed E-state index contributed by atoms with van der Waals surface area (Å²) in [5.41, 5.74) is 2.31. The molecule has 0 aliphatic carbocycles. The van der Waals surface area contributed by atoms with Crippen LogP contribution in [0.2, 0.25) is 0 Å². The zero-order valence-corrected chi connectivity index (χ0v) is 12.9. The Morgan fingerprint density at radius 3 is 2.71 bits per heavy atom. The van der Waals surface area contributed by atoms with Gasteiger partial charge in [-0.05, 0) is 18.6 Å². The van der Waals surface area contributed by atoms with Crippen LogP contribution in [0.4, 0.5) is 0 Å². The molecule has 0 radical (unpaired) electrons. The number of benzene rings is 1. The van der Waals surface area contributed by atoms with Crippen molar-refractivity contribution < 1.29 is 9.47 Å². The third-order valence-electron chi connectivity index (χ3n) is 3.36. The largest absolute Gasteiger partial charge is 0.497 e. The van der Waals surface area contributed by atoms with Gasteiger partial charge in [0.05, 0.1) is 19.9 Å². The highest BCUT2D eigenvalue weighted by molar-refractivity contribution is 5.40. The van der Waals surface area contributed by atoms with E-state index in [2.05, 4.69) is 17.3 Å². The Bertz CT molecular complexity index is 566. The smallest absolute Gasteiger partial charge is 0.127 e. The van der Waals surface area contributed by atoms with Gasteiger partial charge in [0, 0.05) is 37.5 Å². The summed E-state index contributed by atoms with van der Waals surface area (Å²) in [5, 5.41) is 7.76. The number of rotatable bonds is 8. The molecule has 0 unspecified atom stereocenters. The number of methoxy groups -OCH3 is 2. The molecular weight excluding hydrogens is 266 g/mol. The van der Waals surface area contributed by atoms with E-state index in [1.807, 2.05) is 35.1 Å². The molecule has 1 aromatic heterocycles. The van der Waals surface area contributed by atoms with Crippen molar-refractivity contribution in [1.82, 2.24) is 15.1 Å². The number of aryl methyl sites for hydroxylation is 1. The lowest BCUT2D eigenvalue weighted by molar-refractivity contribution is 0.389. The number of nitrogens with zero attached hydrogens (tertiary/aromatic N) is 2. The maximum Gasteiger partial charge on any atom is 0.127 e. The highest BCUT2D eigenvalue weighted by Gasteiger charge is 2.06. The number of nitrogens with one attached hydrogen (secondary N) is 1. The summed E-state index contributed by atoms with van der Waals surface area (Å²) in [6, 6.07) is 7.92. The summed E-state index contributed by atoms with van der Waals surface area (Å²) in [6.45, 7) is 4.64. The molecule has 0 saturated carbocycles. The Morgan fingerprint density at radius 1 is 1.14 bits per heavy atom. The van der Waals surface area contributed by atoms with Crippen LogP contribution in [0.1, 0.15) is 24.6 Å². The van der Waals surface area contributed by atoms with Crippen molar-refractivity contribution in [2.24, 2.45) is 0 Å². The second kappa shape index (κ2) is 7.69. The van der Waals surface area contributed by atoms with Gasteiger partial charge in [0.2, 0.25) is 0 Å². The lowest BCUT2D eigenvalue weighted by Gasteiger charge is -2.12. The molecule has 0 saturated heterocycles. The molecule has 0 atom stereocenters. The summed E-state index contributed by atoms with van der Waals surface area (Å²) in [7, 11) is 3.33. The van der Waals surface area contributed by atoms with Gasteiger partial charge in [0.15, 0.2) is 0 Å². The van der Waals surface area contributed by atoms with E-state index in [-0.39, 0.29) is 0 Å². The molecule has 1 heterocycles. The fraction of sp³-hybridized carbons (Fsp3) is 0.438. The molecule has 21 heavy (non-hydrogen) atoms. The first-order chi connectivity index (χ1) is 10.3. The van der Waals surface area contributed by atoms with Crippen LogP contribution in [0.25, 0.3) is 0 Å². The van der Waals surface area contributed by atoms with Gasteiger partial charge >= 0.3 is 0 Å².